The van der Waals surface area contributed by atoms with E-state index in [1.165, 1.54) is 0 Å². The molecule has 0 aliphatic carbocycles. The third-order valence-electron chi connectivity index (χ3n) is 3.32. The Labute approximate surface area is 145 Å². The number of carbonyl (C=O) groups is 1. The minimum Gasteiger partial charge on any atom is -0.352 e. The molecule has 0 radical (unpaired) electrons. The number of nitrogens with one attached hydrogen (secondary N) is 2. The summed E-state index contributed by atoms with van der Waals surface area (Å²) >= 11 is 9.38. The van der Waals surface area contributed by atoms with E-state index in [-0.39, 0.29) is 18.3 Å². The SMILES string of the molecule is Cl.O=C(NCCCN1CCNCC1)c1cc(Br)ccc1Cl. The van der Waals surface area contributed by atoms with Gasteiger partial charge in [0.05, 0.1) is 10.6 Å². The molecule has 2 rings (SSSR count). The summed E-state index contributed by atoms with van der Waals surface area (Å²) in [7, 11) is 0. The lowest BCUT2D eigenvalue weighted by Crippen LogP contribution is -2.44. The molecule has 2 N–H and O–H groups in total. The predicted molar refractivity (Wildman–Crippen MR) is 92.7 cm³/mol. The predicted octanol–water partition coefficient (Wildman–Crippen LogP) is 2.55. The van der Waals surface area contributed by atoms with Crippen LogP contribution in [-0.2, 0) is 0 Å². The van der Waals surface area contributed by atoms with Crippen molar-refractivity contribution in [2.75, 3.05) is 39.3 Å². The average molecular weight is 397 g/mol. The Morgan fingerprint density at radius 3 is 2.81 bits per heavy atom. The lowest BCUT2D eigenvalue weighted by atomic mass is 10.2. The van der Waals surface area contributed by atoms with Crippen LogP contribution in [-0.4, -0.2) is 50.1 Å². The summed E-state index contributed by atoms with van der Waals surface area (Å²) in [5.74, 6) is -0.114. The molecule has 0 saturated carbocycles. The minimum atomic E-state index is -0.114. The van der Waals surface area contributed by atoms with E-state index in [0.29, 0.717) is 17.1 Å². The normalized spacial score (nSPS) is 15.3. The maximum Gasteiger partial charge on any atom is 0.252 e. The van der Waals surface area contributed by atoms with Crippen molar-refractivity contribution in [1.29, 1.82) is 0 Å². The molecule has 1 fully saturated rings. The standard InChI is InChI=1S/C14H19BrClN3O.ClH/c15-11-2-3-13(16)12(10-11)14(20)18-4-1-7-19-8-5-17-6-9-19;/h2-3,10,17H,1,4-9H2,(H,18,20);1H. The summed E-state index contributed by atoms with van der Waals surface area (Å²) in [4.78, 5) is 14.4. The van der Waals surface area contributed by atoms with Crippen molar-refractivity contribution in [2.45, 2.75) is 6.42 Å². The Hall–Kier alpha value is -0.330. The number of halogens is 3. The van der Waals surface area contributed by atoms with Crippen molar-refractivity contribution < 1.29 is 4.79 Å². The van der Waals surface area contributed by atoms with Crippen molar-refractivity contribution in [2.24, 2.45) is 0 Å². The minimum absolute atomic E-state index is 0. The number of rotatable bonds is 5. The largest absolute Gasteiger partial charge is 0.352 e. The van der Waals surface area contributed by atoms with E-state index in [4.69, 9.17) is 11.6 Å². The van der Waals surface area contributed by atoms with Gasteiger partial charge in [-0.05, 0) is 31.2 Å². The van der Waals surface area contributed by atoms with Crippen LogP contribution in [0, 0.1) is 0 Å². The Bertz CT molecular complexity index is 468. The first kappa shape index (κ1) is 18.7. The number of carbonyl (C=O) groups excluding carboxylic acids is 1. The van der Waals surface area contributed by atoms with Gasteiger partial charge in [0.25, 0.3) is 5.91 Å². The lowest BCUT2D eigenvalue weighted by Gasteiger charge is -2.27. The van der Waals surface area contributed by atoms with Gasteiger partial charge in [0, 0.05) is 37.2 Å². The van der Waals surface area contributed by atoms with Crippen LogP contribution in [0.1, 0.15) is 16.8 Å². The molecule has 1 aromatic rings. The fraction of sp³-hybridized carbons (Fsp3) is 0.500. The molecule has 0 aromatic heterocycles. The molecule has 118 valence electrons. The van der Waals surface area contributed by atoms with Gasteiger partial charge in [-0.3, -0.25) is 4.79 Å². The molecule has 1 aliphatic heterocycles. The molecular formula is C14H20BrCl2N3O. The molecule has 0 atom stereocenters. The highest BCUT2D eigenvalue weighted by atomic mass is 79.9. The maximum atomic E-state index is 12.0. The van der Waals surface area contributed by atoms with Crippen molar-refractivity contribution in [3.63, 3.8) is 0 Å². The summed E-state index contributed by atoms with van der Waals surface area (Å²) in [6.07, 6.45) is 0.956. The fourth-order valence-electron chi connectivity index (χ4n) is 2.21. The average Bonchev–Trinajstić information content (AvgIpc) is 2.47. The number of benzene rings is 1. The Kier molecular flexibility index (Phi) is 8.59. The van der Waals surface area contributed by atoms with Gasteiger partial charge in [-0.25, -0.2) is 0 Å². The van der Waals surface area contributed by atoms with Crippen LogP contribution in [0.15, 0.2) is 22.7 Å². The van der Waals surface area contributed by atoms with Gasteiger partial charge in [0.15, 0.2) is 0 Å². The molecular weight excluding hydrogens is 377 g/mol. The topological polar surface area (TPSA) is 44.4 Å². The summed E-state index contributed by atoms with van der Waals surface area (Å²) in [5.41, 5.74) is 0.517. The van der Waals surface area contributed by atoms with Gasteiger partial charge < -0.3 is 15.5 Å². The van der Waals surface area contributed by atoms with E-state index in [0.717, 1.165) is 43.6 Å². The van der Waals surface area contributed by atoms with Gasteiger partial charge in [0.1, 0.15) is 0 Å². The zero-order valence-electron chi connectivity index (χ0n) is 11.7. The molecule has 0 bridgehead atoms. The highest BCUT2D eigenvalue weighted by Gasteiger charge is 2.11. The smallest absolute Gasteiger partial charge is 0.252 e. The van der Waals surface area contributed by atoms with E-state index < -0.39 is 0 Å². The van der Waals surface area contributed by atoms with E-state index in [1.807, 2.05) is 6.07 Å². The van der Waals surface area contributed by atoms with Crippen molar-refractivity contribution in [3.8, 4) is 0 Å². The first-order valence-corrected chi connectivity index (χ1v) is 8.00. The van der Waals surface area contributed by atoms with E-state index in [1.54, 1.807) is 12.1 Å². The maximum absolute atomic E-state index is 12.0. The van der Waals surface area contributed by atoms with Crippen LogP contribution in [0.4, 0.5) is 0 Å². The number of amides is 1. The van der Waals surface area contributed by atoms with Crippen LogP contribution < -0.4 is 10.6 Å². The summed E-state index contributed by atoms with van der Waals surface area (Å²) in [6, 6.07) is 5.29. The monoisotopic (exact) mass is 395 g/mol. The Morgan fingerprint density at radius 2 is 2.10 bits per heavy atom. The fourth-order valence-corrected chi connectivity index (χ4v) is 2.77. The van der Waals surface area contributed by atoms with Crippen molar-refractivity contribution in [1.82, 2.24) is 15.5 Å². The van der Waals surface area contributed by atoms with Crippen molar-refractivity contribution in [3.05, 3.63) is 33.3 Å². The number of nitrogens with zero attached hydrogens (tertiary/aromatic N) is 1. The van der Waals surface area contributed by atoms with Gasteiger partial charge >= 0.3 is 0 Å². The van der Waals surface area contributed by atoms with Gasteiger partial charge in [0.2, 0.25) is 0 Å². The summed E-state index contributed by atoms with van der Waals surface area (Å²) < 4.78 is 0.855. The third kappa shape index (κ3) is 6.12. The van der Waals surface area contributed by atoms with Crippen molar-refractivity contribution >= 4 is 45.8 Å². The highest BCUT2D eigenvalue weighted by Crippen LogP contribution is 2.20. The van der Waals surface area contributed by atoms with Crippen LogP contribution >= 0.6 is 39.9 Å². The van der Waals surface area contributed by atoms with Crippen LogP contribution in [0.2, 0.25) is 5.02 Å². The van der Waals surface area contributed by atoms with Crippen LogP contribution in [0.3, 0.4) is 0 Å². The van der Waals surface area contributed by atoms with E-state index in [2.05, 4.69) is 31.5 Å². The van der Waals surface area contributed by atoms with Gasteiger partial charge in [-0.2, -0.15) is 0 Å². The second-order valence-electron chi connectivity index (χ2n) is 4.83. The molecule has 1 aliphatic rings. The zero-order chi connectivity index (χ0) is 14.4. The second-order valence-corrected chi connectivity index (χ2v) is 6.15. The molecule has 21 heavy (non-hydrogen) atoms. The molecule has 1 heterocycles. The first-order valence-electron chi connectivity index (χ1n) is 6.83. The second kappa shape index (κ2) is 9.64. The Balaban J connectivity index is 0.00000220. The molecule has 1 saturated heterocycles. The van der Waals surface area contributed by atoms with Gasteiger partial charge in [-0.1, -0.05) is 27.5 Å². The highest BCUT2D eigenvalue weighted by molar-refractivity contribution is 9.10. The van der Waals surface area contributed by atoms with E-state index >= 15 is 0 Å². The number of hydrogen-bond donors (Lipinski definition) is 2. The van der Waals surface area contributed by atoms with Gasteiger partial charge in [-0.15, -0.1) is 12.4 Å². The number of piperazine rings is 1. The molecule has 1 amide bonds. The molecule has 0 spiro atoms. The Morgan fingerprint density at radius 1 is 1.38 bits per heavy atom. The molecule has 7 heteroatoms. The molecule has 4 nitrogen and oxygen atoms in total. The summed E-state index contributed by atoms with van der Waals surface area (Å²) in [5, 5.41) is 6.73. The zero-order valence-corrected chi connectivity index (χ0v) is 14.9. The number of hydrogen-bond acceptors (Lipinski definition) is 3. The quantitative estimate of drug-likeness (QED) is 0.751. The lowest BCUT2D eigenvalue weighted by molar-refractivity contribution is 0.0951. The molecule has 0 unspecified atom stereocenters. The third-order valence-corrected chi connectivity index (χ3v) is 4.14. The van der Waals surface area contributed by atoms with Crippen LogP contribution in [0.25, 0.3) is 0 Å². The summed E-state index contributed by atoms with van der Waals surface area (Å²) in [6.45, 7) is 5.98. The van der Waals surface area contributed by atoms with E-state index in [9.17, 15) is 4.79 Å². The first-order chi connectivity index (χ1) is 9.66. The van der Waals surface area contributed by atoms with Crippen LogP contribution in [0.5, 0.6) is 0 Å². The molecule has 1 aromatic carbocycles.